The van der Waals surface area contributed by atoms with Gasteiger partial charge in [0.1, 0.15) is 0 Å². The van der Waals surface area contributed by atoms with E-state index in [0.29, 0.717) is 12.2 Å². The van der Waals surface area contributed by atoms with Gasteiger partial charge in [-0.2, -0.15) is 0 Å². The van der Waals surface area contributed by atoms with Crippen LogP contribution in [0.2, 0.25) is 0 Å². The summed E-state index contributed by atoms with van der Waals surface area (Å²) in [7, 11) is -2.79. The molecule has 156 valence electrons. The lowest BCUT2D eigenvalue weighted by Crippen LogP contribution is -2.15. The van der Waals surface area contributed by atoms with Crippen molar-refractivity contribution in [2.75, 3.05) is 18.1 Å². The molecule has 0 aromatic heterocycles. The van der Waals surface area contributed by atoms with Crippen LogP contribution in [0, 0.1) is 0 Å². The summed E-state index contributed by atoms with van der Waals surface area (Å²) in [5.41, 5.74) is 0. The molecule has 0 radical (unpaired) electrons. The highest BCUT2D eigenvalue weighted by Gasteiger charge is 2.28. The van der Waals surface area contributed by atoms with Crippen LogP contribution in [0.25, 0.3) is 0 Å². The van der Waals surface area contributed by atoms with Gasteiger partial charge in [0.15, 0.2) is 9.84 Å². The zero-order valence-electron chi connectivity index (χ0n) is 17.4. The van der Waals surface area contributed by atoms with Crippen LogP contribution in [0.4, 0.5) is 0 Å². The molecule has 0 aliphatic carbocycles. The van der Waals surface area contributed by atoms with Crippen LogP contribution >= 0.6 is 0 Å². The third-order valence-corrected chi connectivity index (χ3v) is 7.28. The Morgan fingerprint density at radius 3 is 1.50 bits per heavy atom. The third kappa shape index (κ3) is 14.0. The monoisotopic (exact) mass is 388 g/mol. The SMILES string of the molecule is CCCCCCCCCCCCCCCCCCOC1CCS(=O)(=O)C1. The van der Waals surface area contributed by atoms with E-state index < -0.39 is 9.84 Å². The Balaban J connectivity index is 1.70. The molecule has 1 fully saturated rings. The zero-order chi connectivity index (χ0) is 18.9. The summed E-state index contributed by atoms with van der Waals surface area (Å²) in [5.74, 6) is 0.558. The highest BCUT2D eigenvalue weighted by Crippen LogP contribution is 2.16. The van der Waals surface area contributed by atoms with Gasteiger partial charge in [-0.3, -0.25) is 0 Å². The maximum atomic E-state index is 11.3. The van der Waals surface area contributed by atoms with Gasteiger partial charge in [0, 0.05) is 6.61 Å². The molecule has 0 aromatic carbocycles. The molecule has 1 aliphatic heterocycles. The van der Waals surface area contributed by atoms with Gasteiger partial charge in [-0.15, -0.1) is 0 Å². The maximum absolute atomic E-state index is 11.3. The Labute approximate surface area is 163 Å². The van der Waals surface area contributed by atoms with Crippen molar-refractivity contribution < 1.29 is 13.2 Å². The molecule has 1 aliphatic rings. The highest BCUT2D eigenvalue weighted by atomic mass is 32.2. The van der Waals surface area contributed by atoms with Crippen LogP contribution < -0.4 is 0 Å². The van der Waals surface area contributed by atoms with Crippen LogP contribution in [0.1, 0.15) is 116 Å². The van der Waals surface area contributed by atoms with Crippen LogP contribution in [-0.4, -0.2) is 32.6 Å². The second-order valence-electron chi connectivity index (χ2n) is 8.20. The summed E-state index contributed by atoms with van der Waals surface area (Å²) in [6.07, 6.45) is 22.6. The first-order chi connectivity index (χ1) is 12.6. The number of sulfone groups is 1. The molecular formula is C22H44O3S. The van der Waals surface area contributed by atoms with Crippen molar-refractivity contribution in [3.63, 3.8) is 0 Å². The smallest absolute Gasteiger partial charge is 0.152 e. The molecule has 0 N–H and O–H groups in total. The van der Waals surface area contributed by atoms with Crippen molar-refractivity contribution in [3.8, 4) is 0 Å². The first kappa shape index (κ1) is 23.9. The fourth-order valence-electron chi connectivity index (χ4n) is 3.79. The summed E-state index contributed by atoms with van der Waals surface area (Å²) in [6, 6.07) is 0. The van der Waals surface area contributed by atoms with Crippen LogP contribution in [0.15, 0.2) is 0 Å². The van der Waals surface area contributed by atoms with Crippen molar-refractivity contribution in [1.82, 2.24) is 0 Å². The van der Waals surface area contributed by atoms with Gasteiger partial charge < -0.3 is 4.74 Å². The predicted octanol–water partition coefficient (Wildman–Crippen LogP) is 6.45. The van der Waals surface area contributed by atoms with Crippen molar-refractivity contribution in [3.05, 3.63) is 0 Å². The average Bonchev–Trinajstić information content (AvgIpc) is 2.96. The van der Waals surface area contributed by atoms with Gasteiger partial charge in [0.05, 0.1) is 17.6 Å². The van der Waals surface area contributed by atoms with E-state index in [0.717, 1.165) is 13.0 Å². The summed E-state index contributed by atoms with van der Waals surface area (Å²) in [5, 5.41) is 0. The van der Waals surface area contributed by atoms with Crippen molar-refractivity contribution in [1.29, 1.82) is 0 Å². The first-order valence-corrected chi connectivity index (χ1v) is 13.3. The van der Waals surface area contributed by atoms with E-state index in [1.165, 1.54) is 96.3 Å². The molecule has 1 unspecified atom stereocenters. The average molecular weight is 389 g/mol. The largest absolute Gasteiger partial charge is 0.377 e. The van der Waals surface area contributed by atoms with E-state index in [4.69, 9.17) is 4.74 Å². The van der Waals surface area contributed by atoms with Gasteiger partial charge in [-0.1, -0.05) is 103 Å². The summed E-state index contributed by atoms with van der Waals surface area (Å²) in [4.78, 5) is 0. The lowest BCUT2D eigenvalue weighted by molar-refractivity contribution is 0.0680. The standard InChI is InChI=1S/C22H44O3S/c1-2-3-4-5-6-7-8-9-10-11-12-13-14-15-16-17-19-25-22-18-20-26(23,24)21-22/h22H,2-21H2,1H3. The minimum absolute atomic E-state index is 0.0312. The number of hydrogen-bond acceptors (Lipinski definition) is 3. The fraction of sp³-hybridized carbons (Fsp3) is 1.00. The van der Waals surface area contributed by atoms with E-state index in [-0.39, 0.29) is 11.9 Å². The highest BCUT2D eigenvalue weighted by molar-refractivity contribution is 7.91. The van der Waals surface area contributed by atoms with E-state index in [1.54, 1.807) is 0 Å². The Kier molecular flexibility index (Phi) is 14.7. The second kappa shape index (κ2) is 15.9. The molecule has 26 heavy (non-hydrogen) atoms. The Hall–Kier alpha value is -0.0900. The Bertz CT molecular complexity index is 406. The topological polar surface area (TPSA) is 43.4 Å². The van der Waals surface area contributed by atoms with Gasteiger partial charge in [-0.05, 0) is 12.8 Å². The maximum Gasteiger partial charge on any atom is 0.152 e. The zero-order valence-corrected chi connectivity index (χ0v) is 18.2. The van der Waals surface area contributed by atoms with E-state index in [9.17, 15) is 8.42 Å². The normalized spacial score (nSPS) is 19.2. The van der Waals surface area contributed by atoms with Crippen molar-refractivity contribution in [2.45, 2.75) is 122 Å². The minimum Gasteiger partial charge on any atom is -0.377 e. The molecule has 0 spiro atoms. The number of unbranched alkanes of at least 4 members (excludes halogenated alkanes) is 15. The second-order valence-corrected chi connectivity index (χ2v) is 10.4. The molecule has 0 amide bonds. The van der Waals surface area contributed by atoms with Crippen LogP contribution in [0.3, 0.4) is 0 Å². The molecule has 1 atom stereocenters. The Morgan fingerprint density at radius 2 is 1.12 bits per heavy atom. The summed E-state index contributed by atoms with van der Waals surface area (Å²) >= 11 is 0. The molecule has 1 saturated heterocycles. The Morgan fingerprint density at radius 1 is 0.692 bits per heavy atom. The molecule has 0 saturated carbocycles. The summed E-state index contributed by atoms with van der Waals surface area (Å²) < 4.78 is 28.4. The molecular weight excluding hydrogens is 344 g/mol. The van der Waals surface area contributed by atoms with Crippen LogP contribution in [-0.2, 0) is 14.6 Å². The van der Waals surface area contributed by atoms with E-state index in [1.807, 2.05) is 0 Å². The van der Waals surface area contributed by atoms with E-state index in [2.05, 4.69) is 6.92 Å². The molecule has 4 heteroatoms. The van der Waals surface area contributed by atoms with Gasteiger partial charge >= 0.3 is 0 Å². The van der Waals surface area contributed by atoms with Gasteiger partial charge in [0.25, 0.3) is 0 Å². The fourth-order valence-corrected chi connectivity index (χ4v) is 5.41. The molecule has 3 nitrogen and oxygen atoms in total. The van der Waals surface area contributed by atoms with Gasteiger partial charge in [0.2, 0.25) is 0 Å². The molecule has 0 bridgehead atoms. The lowest BCUT2D eigenvalue weighted by Gasteiger charge is -2.09. The number of hydrogen-bond donors (Lipinski definition) is 0. The van der Waals surface area contributed by atoms with Crippen molar-refractivity contribution in [2.24, 2.45) is 0 Å². The number of rotatable bonds is 18. The first-order valence-electron chi connectivity index (χ1n) is 11.5. The lowest BCUT2D eigenvalue weighted by atomic mass is 10.0. The molecule has 1 heterocycles. The summed E-state index contributed by atoms with van der Waals surface area (Å²) in [6.45, 7) is 3.01. The number of ether oxygens (including phenoxy) is 1. The predicted molar refractivity (Wildman–Crippen MR) is 113 cm³/mol. The van der Waals surface area contributed by atoms with E-state index >= 15 is 0 Å². The van der Waals surface area contributed by atoms with Crippen LogP contribution in [0.5, 0.6) is 0 Å². The third-order valence-electron chi connectivity index (χ3n) is 5.54. The quantitative estimate of drug-likeness (QED) is 0.253. The minimum atomic E-state index is -2.79. The molecule has 0 aromatic rings. The van der Waals surface area contributed by atoms with Gasteiger partial charge in [-0.25, -0.2) is 8.42 Å². The molecule has 1 rings (SSSR count). The van der Waals surface area contributed by atoms with Crippen molar-refractivity contribution >= 4 is 9.84 Å².